The van der Waals surface area contributed by atoms with Gasteiger partial charge in [0, 0.05) is 12.1 Å². The Labute approximate surface area is 138 Å². The van der Waals surface area contributed by atoms with Gasteiger partial charge < -0.3 is 15.6 Å². The molecule has 1 aliphatic heterocycles. The normalized spacial score (nSPS) is 14.4. The van der Waals surface area contributed by atoms with Crippen LogP contribution in [-0.4, -0.2) is 33.2 Å². The first kappa shape index (κ1) is 14.5. The van der Waals surface area contributed by atoms with Crippen molar-refractivity contribution >= 4 is 11.4 Å². The molecule has 7 nitrogen and oxygen atoms in total. The van der Waals surface area contributed by atoms with Crippen molar-refractivity contribution in [2.75, 3.05) is 18.8 Å². The molecule has 7 heteroatoms. The van der Waals surface area contributed by atoms with Crippen LogP contribution in [-0.2, 0) is 0 Å². The first-order valence-electron chi connectivity index (χ1n) is 7.73. The van der Waals surface area contributed by atoms with E-state index >= 15 is 0 Å². The maximum absolute atomic E-state index is 5.97. The molecule has 24 heavy (non-hydrogen) atoms. The van der Waals surface area contributed by atoms with E-state index in [9.17, 15) is 0 Å². The summed E-state index contributed by atoms with van der Waals surface area (Å²) in [7, 11) is 0. The molecule has 0 radical (unpaired) electrons. The van der Waals surface area contributed by atoms with Crippen molar-refractivity contribution in [3.05, 3.63) is 48.3 Å². The maximum atomic E-state index is 5.97. The zero-order valence-corrected chi connectivity index (χ0v) is 12.9. The predicted molar refractivity (Wildman–Crippen MR) is 90.6 cm³/mol. The third kappa shape index (κ3) is 2.77. The van der Waals surface area contributed by atoms with Crippen molar-refractivity contribution in [2.24, 2.45) is 0 Å². The average Bonchev–Trinajstić information content (AvgIpc) is 3.13. The summed E-state index contributed by atoms with van der Waals surface area (Å²) >= 11 is 0. The fraction of sp³-hybridized carbons (Fsp3) is 0.176. The number of aromatic nitrogens is 4. The van der Waals surface area contributed by atoms with Crippen LogP contribution >= 0.6 is 0 Å². The van der Waals surface area contributed by atoms with Gasteiger partial charge in [-0.1, -0.05) is 29.4 Å². The maximum Gasteiger partial charge on any atom is 0.258 e. The van der Waals surface area contributed by atoms with Crippen LogP contribution < -0.4 is 11.1 Å². The summed E-state index contributed by atoms with van der Waals surface area (Å²) in [6.45, 7) is 1.75. The van der Waals surface area contributed by atoms with E-state index in [0.29, 0.717) is 17.4 Å². The molecule has 0 bridgehead atoms. The van der Waals surface area contributed by atoms with Crippen LogP contribution in [0.25, 0.3) is 28.5 Å². The predicted octanol–water partition coefficient (Wildman–Crippen LogP) is 2.15. The van der Waals surface area contributed by atoms with Crippen LogP contribution in [0.15, 0.2) is 47.1 Å². The quantitative estimate of drug-likeness (QED) is 0.762. The first-order chi connectivity index (χ1) is 11.8. The molecule has 0 saturated carbocycles. The Bertz CT molecular complexity index is 887. The van der Waals surface area contributed by atoms with Crippen LogP contribution in [0.2, 0.25) is 0 Å². The van der Waals surface area contributed by atoms with Crippen molar-refractivity contribution in [3.63, 3.8) is 0 Å². The number of hydrogen-bond acceptors (Lipinski definition) is 7. The zero-order valence-electron chi connectivity index (χ0n) is 12.9. The van der Waals surface area contributed by atoms with Crippen molar-refractivity contribution in [1.29, 1.82) is 0 Å². The number of nitrogen functional groups attached to an aromatic ring is 1. The Morgan fingerprint density at radius 3 is 2.79 bits per heavy atom. The van der Waals surface area contributed by atoms with Gasteiger partial charge in [-0.3, -0.25) is 0 Å². The lowest BCUT2D eigenvalue weighted by Crippen LogP contribution is -2.20. The van der Waals surface area contributed by atoms with Crippen LogP contribution in [0.5, 0.6) is 0 Å². The molecule has 0 aliphatic carbocycles. The molecule has 3 aromatic rings. The van der Waals surface area contributed by atoms with E-state index in [4.69, 9.17) is 10.3 Å². The van der Waals surface area contributed by atoms with E-state index in [1.807, 2.05) is 30.3 Å². The van der Waals surface area contributed by atoms with E-state index in [-0.39, 0.29) is 5.82 Å². The van der Waals surface area contributed by atoms with Gasteiger partial charge in [-0.15, -0.1) is 0 Å². The highest BCUT2D eigenvalue weighted by Crippen LogP contribution is 2.26. The number of rotatable bonds is 3. The number of nitrogens with two attached hydrogens (primary N) is 1. The molecule has 1 aromatic carbocycles. The number of hydrogen-bond donors (Lipinski definition) is 2. The molecule has 120 valence electrons. The molecule has 3 N–H and O–H groups in total. The summed E-state index contributed by atoms with van der Waals surface area (Å²) in [6.07, 6.45) is 4.70. The Balaban J connectivity index is 1.71. The van der Waals surface area contributed by atoms with Gasteiger partial charge in [0.25, 0.3) is 5.89 Å². The second kappa shape index (κ2) is 6.21. The fourth-order valence-electron chi connectivity index (χ4n) is 2.59. The molecule has 0 unspecified atom stereocenters. The summed E-state index contributed by atoms with van der Waals surface area (Å²) < 4.78 is 5.34. The van der Waals surface area contributed by atoms with Gasteiger partial charge in [0.05, 0.1) is 11.9 Å². The lowest BCUT2D eigenvalue weighted by Gasteiger charge is -2.13. The Hall–Kier alpha value is -3.06. The molecule has 0 spiro atoms. The minimum absolute atomic E-state index is 0.286. The molecular weight excluding hydrogens is 304 g/mol. The van der Waals surface area contributed by atoms with Gasteiger partial charge in [0.15, 0.2) is 11.5 Å². The van der Waals surface area contributed by atoms with Gasteiger partial charge in [0.1, 0.15) is 0 Å². The van der Waals surface area contributed by atoms with Crippen LogP contribution in [0.1, 0.15) is 12.1 Å². The van der Waals surface area contributed by atoms with Gasteiger partial charge in [-0.2, -0.15) is 4.98 Å². The van der Waals surface area contributed by atoms with Crippen LogP contribution in [0, 0.1) is 0 Å². The lowest BCUT2D eigenvalue weighted by molar-refractivity contribution is 0.432. The molecule has 3 heterocycles. The van der Waals surface area contributed by atoms with Crippen molar-refractivity contribution in [2.45, 2.75) is 6.42 Å². The van der Waals surface area contributed by atoms with Gasteiger partial charge >= 0.3 is 0 Å². The summed E-state index contributed by atoms with van der Waals surface area (Å²) in [4.78, 5) is 13.3. The Kier molecular flexibility index (Phi) is 3.76. The standard InChI is InChI=1S/C17H16N6O/c18-15-14(21-13(10-20-15)11-6-8-19-9-7-11)16-22-17(24-23-16)12-4-2-1-3-5-12/h1-6,10,19H,7-9H2,(H2,18,20). The highest BCUT2D eigenvalue weighted by Gasteiger charge is 2.17. The Morgan fingerprint density at radius 1 is 1.12 bits per heavy atom. The molecule has 0 atom stereocenters. The minimum Gasteiger partial charge on any atom is -0.382 e. The number of nitrogens with zero attached hydrogens (tertiary/aromatic N) is 4. The highest BCUT2D eigenvalue weighted by molar-refractivity contribution is 5.70. The first-order valence-corrected chi connectivity index (χ1v) is 7.73. The van der Waals surface area contributed by atoms with Crippen molar-refractivity contribution in [1.82, 2.24) is 25.4 Å². The van der Waals surface area contributed by atoms with E-state index in [0.717, 1.165) is 36.3 Å². The summed E-state index contributed by atoms with van der Waals surface area (Å²) in [6, 6.07) is 9.57. The monoisotopic (exact) mass is 320 g/mol. The second-order valence-electron chi connectivity index (χ2n) is 5.46. The molecule has 0 fully saturated rings. The Morgan fingerprint density at radius 2 is 2.00 bits per heavy atom. The number of nitrogens with one attached hydrogen (secondary N) is 1. The van der Waals surface area contributed by atoms with Crippen molar-refractivity contribution in [3.8, 4) is 23.0 Å². The zero-order chi connectivity index (χ0) is 16.4. The smallest absolute Gasteiger partial charge is 0.258 e. The minimum atomic E-state index is 0.286. The van der Waals surface area contributed by atoms with E-state index in [1.54, 1.807) is 6.20 Å². The summed E-state index contributed by atoms with van der Waals surface area (Å²) in [5, 5.41) is 7.28. The van der Waals surface area contributed by atoms with Crippen LogP contribution in [0.3, 0.4) is 0 Å². The number of benzene rings is 1. The summed E-state index contributed by atoms with van der Waals surface area (Å²) in [5.74, 6) is 1.06. The molecule has 0 saturated heterocycles. The molecule has 1 aliphatic rings. The topological polar surface area (TPSA) is 103 Å². The van der Waals surface area contributed by atoms with Crippen molar-refractivity contribution < 1.29 is 4.52 Å². The third-order valence-electron chi connectivity index (χ3n) is 3.85. The van der Waals surface area contributed by atoms with E-state index in [1.165, 1.54) is 0 Å². The molecule has 0 amide bonds. The largest absolute Gasteiger partial charge is 0.382 e. The molecule has 2 aromatic heterocycles. The number of anilines is 1. The van der Waals surface area contributed by atoms with Gasteiger partial charge in [0.2, 0.25) is 5.82 Å². The molecular formula is C17H16N6O. The second-order valence-corrected chi connectivity index (χ2v) is 5.46. The summed E-state index contributed by atoms with van der Waals surface area (Å²) in [5.41, 5.74) is 9.21. The third-order valence-corrected chi connectivity index (χ3v) is 3.85. The van der Waals surface area contributed by atoms with Gasteiger partial charge in [-0.25, -0.2) is 9.97 Å². The van der Waals surface area contributed by atoms with E-state index < -0.39 is 0 Å². The fourth-order valence-corrected chi connectivity index (χ4v) is 2.59. The van der Waals surface area contributed by atoms with Crippen LogP contribution in [0.4, 0.5) is 5.82 Å². The van der Waals surface area contributed by atoms with E-state index in [2.05, 4.69) is 31.5 Å². The lowest BCUT2D eigenvalue weighted by atomic mass is 10.1. The molecule has 4 rings (SSSR count). The highest BCUT2D eigenvalue weighted by atomic mass is 16.5. The SMILES string of the molecule is Nc1ncc(C2=CCNCC2)nc1-c1noc(-c2ccccc2)n1. The average molecular weight is 320 g/mol. The van der Waals surface area contributed by atoms with Gasteiger partial charge in [-0.05, 0) is 30.7 Å².